The van der Waals surface area contributed by atoms with Crippen molar-refractivity contribution in [3.05, 3.63) is 52.6 Å². The van der Waals surface area contributed by atoms with Gasteiger partial charge >= 0.3 is 0 Å². The third-order valence-electron chi connectivity index (χ3n) is 2.91. The lowest BCUT2D eigenvalue weighted by Crippen LogP contribution is -2.04. The van der Waals surface area contributed by atoms with E-state index in [-0.39, 0.29) is 12.4 Å². The first-order chi connectivity index (χ1) is 8.11. The zero-order valence-corrected chi connectivity index (χ0v) is 9.94. The third kappa shape index (κ3) is 2.36. The number of hydrogen-bond donors (Lipinski definition) is 1. The minimum Gasteiger partial charge on any atom is -0.392 e. The number of nitrogens with zero attached hydrogens (tertiary/aromatic N) is 2. The summed E-state index contributed by atoms with van der Waals surface area (Å²) in [5, 5.41) is 13.5. The molecule has 0 saturated heterocycles. The number of aliphatic hydroxyl groups is 1. The zero-order valence-electron chi connectivity index (χ0n) is 9.94. The van der Waals surface area contributed by atoms with Gasteiger partial charge in [-0.2, -0.15) is 5.10 Å². The summed E-state index contributed by atoms with van der Waals surface area (Å²) >= 11 is 0. The van der Waals surface area contributed by atoms with E-state index >= 15 is 0 Å². The van der Waals surface area contributed by atoms with Crippen LogP contribution in [0.1, 0.15) is 22.5 Å². The van der Waals surface area contributed by atoms with Crippen molar-refractivity contribution in [3.8, 4) is 0 Å². The molecular formula is C13H15FN2O. The number of aryl methyl sites for hydroxylation is 1. The van der Waals surface area contributed by atoms with Crippen LogP contribution in [0, 0.1) is 19.7 Å². The van der Waals surface area contributed by atoms with Crippen LogP contribution in [0.4, 0.5) is 4.39 Å². The molecule has 0 aliphatic rings. The van der Waals surface area contributed by atoms with Crippen molar-refractivity contribution in [3.63, 3.8) is 0 Å². The Bertz CT molecular complexity index is 534. The molecule has 0 saturated carbocycles. The fourth-order valence-electron chi connectivity index (χ4n) is 1.93. The lowest BCUT2D eigenvalue weighted by molar-refractivity contribution is 0.280. The van der Waals surface area contributed by atoms with Crippen LogP contribution in [0.25, 0.3) is 0 Å². The van der Waals surface area contributed by atoms with Crippen LogP contribution in [0.3, 0.4) is 0 Å². The molecule has 0 amide bonds. The number of benzene rings is 1. The highest BCUT2D eigenvalue weighted by Crippen LogP contribution is 2.14. The molecule has 1 aromatic carbocycles. The van der Waals surface area contributed by atoms with Crippen molar-refractivity contribution in [2.24, 2.45) is 0 Å². The molecule has 0 aliphatic carbocycles. The first-order valence-electron chi connectivity index (χ1n) is 5.50. The van der Waals surface area contributed by atoms with Gasteiger partial charge in [0.05, 0.1) is 18.8 Å². The van der Waals surface area contributed by atoms with E-state index in [9.17, 15) is 9.50 Å². The lowest BCUT2D eigenvalue weighted by Gasteiger charge is -2.05. The Morgan fingerprint density at radius 2 is 2.12 bits per heavy atom. The van der Waals surface area contributed by atoms with Crippen molar-refractivity contribution >= 4 is 0 Å². The maximum atomic E-state index is 13.1. The molecule has 0 bridgehead atoms. The Labute approximate surface area is 99.5 Å². The SMILES string of the molecule is Cc1nn(Cc2cccc(F)c2)c(C)c1CO. The molecule has 0 fully saturated rings. The van der Waals surface area contributed by atoms with Gasteiger partial charge in [0.25, 0.3) is 0 Å². The summed E-state index contributed by atoms with van der Waals surface area (Å²) in [4.78, 5) is 0. The van der Waals surface area contributed by atoms with Crippen molar-refractivity contribution in [2.45, 2.75) is 27.0 Å². The molecule has 4 heteroatoms. The van der Waals surface area contributed by atoms with E-state index in [1.807, 2.05) is 19.9 Å². The molecule has 90 valence electrons. The van der Waals surface area contributed by atoms with Gasteiger partial charge in [-0.25, -0.2) is 4.39 Å². The third-order valence-corrected chi connectivity index (χ3v) is 2.91. The molecule has 0 aliphatic heterocycles. The molecule has 17 heavy (non-hydrogen) atoms. The van der Waals surface area contributed by atoms with Crippen LogP contribution >= 0.6 is 0 Å². The van der Waals surface area contributed by atoms with Gasteiger partial charge in [-0.3, -0.25) is 4.68 Å². The second kappa shape index (κ2) is 4.67. The van der Waals surface area contributed by atoms with E-state index in [2.05, 4.69) is 5.10 Å². The molecule has 2 aromatic rings. The average Bonchev–Trinajstić information content (AvgIpc) is 2.54. The van der Waals surface area contributed by atoms with Gasteiger partial charge in [0.1, 0.15) is 5.82 Å². The second-order valence-corrected chi connectivity index (χ2v) is 4.10. The fourth-order valence-corrected chi connectivity index (χ4v) is 1.93. The highest BCUT2D eigenvalue weighted by molar-refractivity contribution is 5.25. The molecule has 2 rings (SSSR count). The topological polar surface area (TPSA) is 38.0 Å². The van der Waals surface area contributed by atoms with Crippen LogP contribution in [0.15, 0.2) is 24.3 Å². The number of rotatable bonds is 3. The van der Waals surface area contributed by atoms with Crippen LogP contribution in [0.5, 0.6) is 0 Å². The van der Waals surface area contributed by atoms with Gasteiger partial charge in [-0.05, 0) is 31.5 Å². The molecule has 0 unspecified atom stereocenters. The molecule has 1 heterocycles. The Morgan fingerprint density at radius 3 is 2.71 bits per heavy atom. The summed E-state index contributed by atoms with van der Waals surface area (Å²) in [6.45, 7) is 4.27. The molecule has 0 spiro atoms. The van der Waals surface area contributed by atoms with Crippen LogP contribution < -0.4 is 0 Å². The van der Waals surface area contributed by atoms with E-state index in [0.717, 1.165) is 22.5 Å². The van der Waals surface area contributed by atoms with Crippen LogP contribution in [0.2, 0.25) is 0 Å². The molecule has 3 nitrogen and oxygen atoms in total. The normalized spacial score (nSPS) is 10.8. The molecule has 1 aromatic heterocycles. The predicted octanol–water partition coefficient (Wildman–Crippen LogP) is 2.18. The number of aromatic nitrogens is 2. The van der Waals surface area contributed by atoms with Gasteiger partial charge in [0.2, 0.25) is 0 Å². The van der Waals surface area contributed by atoms with Gasteiger partial charge in [0, 0.05) is 11.3 Å². The molecule has 0 radical (unpaired) electrons. The van der Waals surface area contributed by atoms with E-state index < -0.39 is 0 Å². The van der Waals surface area contributed by atoms with E-state index in [1.54, 1.807) is 10.7 Å². The minimum atomic E-state index is -0.244. The van der Waals surface area contributed by atoms with Crippen molar-refractivity contribution in [2.75, 3.05) is 0 Å². The van der Waals surface area contributed by atoms with Crippen LogP contribution in [-0.4, -0.2) is 14.9 Å². The number of aliphatic hydroxyl groups excluding tert-OH is 1. The average molecular weight is 234 g/mol. The summed E-state index contributed by atoms with van der Waals surface area (Å²) in [7, 11) is 0. The monoisotopic (exact) mass is 234 g/mol. The summed E-state index contributed by atoms with van der Waals surface area (Å²) in [6, 6.07) is 6.46. The lowest BCUT2D eigenvalue weighted by atomic mass is 10.2. The smallest absolute Gasteiger partial charge is 0.123 e. The van der Waals surface area contributed by atoms with Gasteiger partial charge in [-0.15, -0.1) is 0 Å². The zero-order chi connectivity index (χ0) is 12.4. The Balaban J connectivity index is 2.30. The Morgan fingerprint density at radius 1 is 1.35 bits per heavy atom. The van der Waals surface area contributed by atoms with Gasteiger partial charge in [0.15, 0.2) is 0 Å². The van der Waals surface area contributed by atoms with Gasteiger partial charge in [-0.1, -0.05) is 12.1 Å². The summed E-state index contributed by atoms with van der Waals surface area (Å²) in [6.07, 6.45) is 0. The van der Waals surface area contributed by atoms with Crippen molar-refractivity contribution < 1.29 is 9.50 Å². The number of hydrogen-bond acceptors (Lipinski definition) is 2. The molecular weight excluding hydrogens is 219 g/mol. The van der Waals surface area contributed by atoms with E-state index in [1.165, 1.54) is 12.1 Å². The standard InChI is InChI=1S/C13H15FN2O/c1-9-13(8-17)10(2)16(15-9)7-11-4-3-5-12(14)6-11/h3-6,17H,7-8H2,1-2H3. The summed E-state index contributed by atoms with van der Waals surface area (Å²) in [5.41, 5.74) is 3.46. The highest BCUT2D eigenvalue weighted by atomic mass is 19.1. The first-order valence-corrected chi connectivity index (χ1v) is 5.50. The number of halogens is 1. The second-order valence-electron chi connectivity index (χ2n) is 4.10. The minimum absolute atomic E-state index is 0.0131. The summed E-state index contributed by atoms with van der Waals surface area (Å²) in [5.74, 6) is -0.244. The first kappa shape index (κ1) is 11.8. The maximum Gasteiger partial charge on any atom is 0.123 e. The Hall–Kier alpha value is -1.68. The molecule has 0 atom stereocenters. The fraction of sp³-hybridized carbons (Fsp3) is 0.308. The predicted molar refractivity (Wildman–Crippen MR) is 63.1 cm³/mol. The van der Waals surface area contributed by atoms with Crippen molar-refractivity contribution in [1.29, 1.82) is 0 Å². The van der Waals surface area contributed by atoms with Crippen LogP contribution in [-0.2, 0) is 13.2 Å². The van der Waals surface area contributed by atoms with Crippen molar-refractivity contribution in [1.82, 2.24) is 9.78 Å². The Kier molecular flexibility index (Phi) is 3.24. The van der Waals surface area contributed by atoms with E-state index in [0.29, 0.717) is 6.54 Å². The largest absolute Gasteiger partial charge is 0.392 e. The quantitative estimate of drug-likeness (QED) is 0.884. The van der Waals surface area contributed by atoms with Gasteiger partial charge < -0.3 is 5.11 Å². The highest BCUT2D eigenvalue weighted by Gasteiger charge is 2.10. The molecule has 1 N–H and O–H groups in total. The van der Waals surface area contributed by atoms with E-state index in [4.69, 9.17) is 0 Å². The summed E-state index contributed by atoms with van der Waals surface area (Å²) < 4.78 is 14.8. The maximum absolute atomic E-state index is 13.1.